The average molecular weight is 307 g/mol. The molecule has 0 saturated carbocycles. The lowest BCUT2D eigenvalue weighted by Gasteiger charge is -2.11. The van der Waals surface area contributed by atoms with Crippen LogP contribution in [0.1, 0.15) is 18.1 Å². The molecule has 0 aliphatic rings. The van der Waals surface area contributed by atoms with Crippen molar-refractivity contribution in [3.8, 4) is 0 Å². The Kier molecular flexibility index (Phi) is 6.35. The summed E-state index contributed by atoms with van der Waals surface area (Å²) in [6.45, 7) is 1.94. The molecule has 1 rings (SSSR count). The number of halogens is 3. The van der Waals surface area contributed by atoms with Crippen molar-refractivity contribution in [3.05, 3.63) is 35.4 Å². The topological polar surface area (TPSA) is 52.3 Å². The van der Waals surface area contributed by atoms with Crippen molar-refractivity contribution < 1.29 is 22.7 Å². The molecular weight excluding hydrogens is 291 g/mol. The third kappa shape index (κ3) is 5.42. The average Bonchev–Trinajstić information content (AvgIpc) is 2.38. The zero-order valence-electron chi connectivity index (χ0n) is 10.9. The Balaban J connectivity index is 2.48. The summed E-state index contributed by atoms with van der Waals surface area (Å²) in [5.41, 5.74) is 5.46. The molecular formula is C13H16F3NO2S. The molecule has 7 heteroatoms. The van der Waals surface area contributed by atoms with Crippen LogP contribution in [0.3, 0.4) is 0 Å². The highest BCUT2D eigenvalue weighted by atomic mass is 32.2. The largest absolute Gasteiger partial charge is 0.465 e. The van der Waals surface area contributed by atoms with E-state index in [0.29, 0.717) is 17.1 Å². The van der Waals surface area contributed by atoms with Crippen molar-refractivity contribution >= 4 is 17.7 Å². The predicted molar refractivity (Wildman–Crippen MR) is 72.2 cm³/mol. The van der Waals surface area contributed by atoms with Gasteiger partial charge in [-0.2, -0.15) is 24.9 Å². The standard InChI is InChI=1S/C13H16F3NO2S/c1-2-19-12(18)11(17)8-20-7-9-4-3-5-10(6-9)13(14,15)16/h3-6,11H,2,7-8,17H2,1H3. The van der Waals surface area contributed by atoms with Crippen LogP contribution in [0.25, 0.3) is 0 Å². The monoisotopic (exact) mass is 307 g/mol. The highest BCUT2D eigenvalue weighted by Gasteiger charge is 2.30. The maximum Gasteiger partial charge on any atom is 0.416 e. The Morgan fingerprint density at radius 3 is 2.75 bits per heavy atom. The van der Waals surface area contributed by atoms with E-state index in [1.54, 1.807) is 13.0 Å². The molecule has 2 N–H and O–H groups in total. The highest BCUT2D eigenvalue weighted by molar-refractivity contribution is 7.98. The van der Waals surface area contributed by atoms with Crippen LogP contribution < -0.4 is 5.73 Å². The molecule has 0 heterocycles. The van der Waals surface area contributed by atoms with E-state index >= 15 is 0 Å². The molecule has 0 spiro atoms. The maximum atomic E-state index is 12.5. The van der Waals surface area contributed by atoms with E-state index in [9.17, 15) is 18.0 Å². The van der Waals surface area contributed by atoms with E-state index in [1.165, 1.54) is 17.8 Å². The second-order valence-corrected chi connectivity index (χ2v) is 5.10. The van der Waals surface area contributed by atoms with E-state index in [1.807, 2.05) is 0 Å². The fraction of sp³-hybridized carbons (Fsp3) is 0.462. The van der Waals surface area contributed by atoms with Gasteiger partial charge in [-0.05, 0) is 18.6 Å². The number of hydrogen-bond acceptors (Lipinski definition) is 4. The van der Waals surface area contributed by atoms with Crippen LogP contribution in [0.15, 0.2) is 24.3 Å². The van der Waals surface area contributed by atoms with Crippen LogP contribution in [-0.2, 0) is 21.5 Å². The van der Waals surface area contributed by atoms with Crippen LogP contribution in [-0.4, -0.2) is 24.4 Å². The van der Waals surface area contributed by atoms with Crippen LogP contribution in [0.4, 0.5) is 13.2 Å². The van der Waals surface area contributed by atoms with Crippen LogP contribution in [0.5, 0.6) is 0 Å². The van der Waals surface area contributed by atoms with Crippen molar-refractivity contribution in [1.29, 1.82) is 0 Å². The molecule has 112 valence electrons. The summed E-state index contributed by atoms with van der Waals surface area (Å²) < 4.78 is 42.3. The molecule has 0 radical (unpaired) electrons. The fourth-order valence-corrected chi connectivity index (χ4v) is 2.38. The molecule has 0 aliphatic carbocycles. The van der Waals surface area contributed by atoms with Gasteiger partial charge in [-0.3, -0.25) is 4.79 Å². The van der Waals surface area contributed by atoms with Gasteiger partial charge in [-0.1, -0.05) is 18.2 Å². The fourth-order valence-electron chi connectivity index (χ4n) is 1.46. The minimum absolute atomic E-state index is 0.255. The molecule has 0 aliphatic heterocycles. The van der Waals surface area contributed by atoms with Gasteiger partial charge in [0.15, 0.2) is 0 Å². The van der Waals surface area contributed by atoms with Gasteiger partial charge in [-0.15, -0.1) is 0 Å². The number of ether oxygens (including phenoxy) is 1. The third-order valence-corrected chi connectivity index (χ3v) is 3.54. The van der Waals surface area contributed by atoms with Gasteiger partial charge in [0.1, 0.15) is 6.04 Å². The van der Waals surface area contributed by atoms with Crippen molar-refractivity contribution in [1.82, 2.24) is 0 Å². The second kappa shape index (κ2) is 7.54. The van der Waals surface area contributed by atoms with Gasteiger partial charge >= 0.3 is 12.1 Å². The zero-order chi connectivity index (χ0) is 15.2. The number of carbonyl (C=O) groups excluding carboxylic acids is 1. The van der Waals surface area contributed by atoms with E-state index in [2.05, 4.69) is 0 Å². The van der Waals surface area contributed by atoms with Gasteiger partial charge in [0, 0.05) is 11.5 Å². The highest BCUT2D eigenvalue weighted by Crippen LogP contribution is 2.30. The van der Waals surface area contributed by atoms with E-state index in [-0.39, 0.29) is 6.61 Å². The normalized spacial score (nSPS) is 13.1. The minimum atomic E-state index is -4.35. The van der Waals surface area contributed by atoms with Crippen LogP contribution >= 0.6 is 11.8 Å². The van der Waals surface area contributed by atoms with Crippen molar-refractivity contribution in [3.63, 3.8) is 0 Å². The van der Waals surface area contributed by atoms with Crippen molar-refractivity contribution in [2.45, 2.75) is 24.9 Å². The number of thioether (sulfide) groups is 1. The van der Waals surface area contributed by atoms with E-state index in [0.717, 1.165) is 12.1 Å². The van der Waals surface area contributed by atoms with Crippen molar-refractivity contribution in [2.75, 3.05) is 12.4 Å². The number of esters is 1. The van der Waals surface area contributed by atoms with E-state index in [4.69, 9.17) is 10.5 Å². The Hall–Kier alpha value is -1.21. The summed E-state index contributed by atoms with van der Waals surface area (Å²) in [5.74, 6) is 0.163. The quantitative estimate of drug-likeness (QED) is 0.821. The maximum absolute atomic E-state index is 12.5. The number of hydrogen-bond donors (Lipinski definition) is 1. The van der Waals surface area contributed by atoms with Gasteiger partial charge in [-0.25, -0.2) is 0 Å². The number of carbonyl (C=O) groups is 1. The second-order valence-electron chi connectivity index (χ2n) is 4.07. The molecule has 1 atom stereocenters. The summed E-state index contributed by atoms with van der Waals surface area (Å²) in [6, 6.07) is 4.34. The lowest BCUT2D eigenvalue weighted by atomic mass is 10.1. The third-order valence-electron chi connectivity index (χ3n) is 2.41. The molecule has 1 unspecified atom stereocenters. The molecule has 3 nitrogen and oxygen atoms in total. The predicted octanol–water partition coefficient (Wildman–Crippen LogP) is 2.83. The summed E-state index contributed by atoms with van der Waals surface area (Å²) in [5, 5.41) is 0. The summed E-state index contributed by atoms with van der Waals surface area (Å²) in [6.07, 6.45) is -4.35. The number of rotatable bonds is 6. The molecule has 0 bridgehead atoms. The Bertz CT molecular complexity index is 451. The molecule has 0 fully saturated rings. The van der Waals surface area contributed by atoms with Crippen LogP contribution in [0.2, 0.25) is 0 Å². The van der Waals surface area contributed by atoms with Gasteiger partial charge in [0.2, 0.25) is 0 Å². The first-order valence-electron chi connectivity index (χ1n) is 6.00. The Labute approximate surface area is 119 Å². The minimum Gasteiger partial charge on any atom is -0.465 e. The lowest BCUT2D eigenvalue weighted by molar-refractivity contribution is -0.144. The van der Waals surface area contributed by atoms with Crippen molar-refractivity contribution in [2.24, 2.45) is 5.73 Å². The Morgan fingerprint density at radius 1 is 1.45 bits per heavy atom. The molecule has 0 saturated heterocycles. The Morgan fingerprint density at radius 2 is 2.15 bits per heavy atom. The van der Waals surface area contributed by atoms with Crippen LogP contribution in [0, 0.1) is 0 Å². The molecule has 20 heavy (non-hydrogen) atoms. The van der Waals surface area contributed by atoms with E-state index < -0.39 is 23.8 Å². The van der Waals surface area contributed by atoms with Gasteiger partial charge < -0.3 is 10.5 Å². The summed E-state index contributed by atoms with van der Waals surface area (Å²) >= 11 is 1.29. The molecule has 1 aromatic rings. The lowest BCUT2D eigenvalue weighted by Crippen LogP contribution is -2.34. The first-order chi connectivity index (χ1) is 9.34. The first-order valence-corrected chi connectivity index (χ1v) is 7.16. The summed E-state index contributed by atoms with van der Waals surface area (Å²) in [4.78, 5) is 11.3. The van der Waals surface area contributed by atoms with Gasteiger partial charge in [0.25, 0.3) is 0 Å². The smallest absolute Gasteiger partial charge is 0.416 e. The summed E-state index contributed by atoms with van der Waals surface area (Å²) in [7, 11) is 0. The molecule has 1 aromatic carbocycles. The SMILES string of the molecule is CCOC(=O)C(N)CSCc1cccc(C(F)(F)F)c1. The van der Waals surface area contributed by atoms with Gasteiger partial charge in [0.05, 0.1) is 12.2 Å². The number of benzene rings is 1. The molecule has 0 amide bonds. The molecule has 0 aromatic heterocycles. The number of nitrogens with two attached hydrogens (primary N) is 1. The number of alkyl halides is 3. The first kappa shape index (κ1) is 16.8. The zero-order valence-corrected chi connectivity index (χ0v) is 11.8.